The molecule has 132 valence electrons. The van der Waals surface area contributed by atoms with Gasteiger partial charge in [0.1, 0.15) is 11.9 Å². The van der Waals surface area contributed by atoms with Crippen molar-refractivity contribution in [3.63, 3.8) is 0 Å². The highest BCUT2D eigenvalue weighted by atomic mass is 16.5. The van der Waals surface area contributed by atoms with E-state index in [4.69, 9.17) is 9.47 Å². The molecular formula is C21H30O3. The molecular weight excluding hydrogens is 300 g/mol. The summed E-state index contributed by atoms with van der Waals surface area (Å²) in [6, 6.07) is 4.39. The number of allylic oxidation sites excluding steroid dienone is 1. The van der Waals surface area contributed by atoms with Gasteiger partial charge in [-0.15, -0.1) is 0 Å². The minimum Gasteiger partial charge on any atom is -0.496 e. The zero-order valence-corrected chi connectivity index (χ0v) is 16.0. The molecule has 0 saturated carbocycles. The van der Waals surface area contributed by atoms with Crippen LogP contribution in [-0.2, 0) is 9.53 Å². The second-order valence-electron chi connectivity index (χ2n) is 7.24. The Bertz CT molecular complexity index is 643. The summed E-state index contributed by atoms with van der Waals surface area (Å²) in [6.07, 6.45) is 2.58. The van der Waals surface area contributed by atoms with E-state index in [0.29, 0.717) is 17.4 Å². The van der Waals surface area contributed by atoms with Crippen LogP contribution in [-0.4, -0.2) is 19.2 Å². The Morgan fingerprint density at radius 2 is 1.96 bits per heavy atom. The van der Waals surface area contributed by atoms with Crippen molar-refractivity contribution >= 4 is 5.97 Å². The number of fused-ring (bicyclic) bond motifs is 1. The summed E-state index contributed by atoms with van der Waals surface area (Å²) in [4.78, 5) is 12.2. The number of hydrogen-bond donors (Lipinski definition) is 0. The molecule has 0 spiro atoms. The van der Waals surface area contributed by atoms with Gasteiger partial charge < -0.3 is 9.47 Å². The summed E-state index contributed by atoms with van der Waals surface area (Å²) < 4.78 is 11.4. The first-order chi connectivity index (χ1) is 11.3. The van der Waals surface area contributed by atoms with E-state index in [2.05, 4.69) is 39.8 Å². The van der Waals surface area contributed by atoms with Crippen LogP contribution in [0.3, 0.4) is 0 Å². The van der Waals surface area contributed by atoms with Gasteiger partial charge in [-0.2, -0.15) is 0 Å². The monoisotopic (exact) mass is 330 g/mol. The Kier molecular flexibility index (Phi) is 5.74. The number of esters is 1. The fourth-order valence-electron chi connectivity index (χ4n) is 3.57. The molecule has 0 unspecified atom stereocenters. The topological polar surface area (TPSA) is 35.5 Å². The number of hydrogen-bond acceptors (Lipinski definition) is 3. The lowest BCUT2D eigenvalue weighted by Crippen LogP contribution is -2.33. The molecule has 1 aliphatic rings. The summed E-state index contributed by atoms with van der Waals surface area (Å²) >= 11 is 0. The number of rotatable bonds is 4. The lowest BCUT2D eigenvalue weighted by molar-refractivity contribution is -0.146. The molecule has 0 bridgehead atoms. The van der Waals surface area contributed by atoms with E-state index in [9.17, 15) is 4.79 Å². The van der Waals surface area contributed by atoms with Gasteiger partial charge in [0.05, 0.1) is 7.11 Å². The molecule has 3 heteroatoms. The van der Waals surface area contributed by atoms with E-state index in [1.54, 1.807) is 20.1 Å². The molecule has 0 amide bonds. The highest BCUT2D eigenvalue weighted by molar-refractivity contribution is 5.87. The second-order valence-corrected chi connectivity index (χ2v) is 7.24. The largest absolute Gasteiger partial charge is 0.496 e. The van der Waals surface area contributed by atoms with Crippen LogP contribution in [0.25, 0.3) is 0 Å². The van der Waals surface area contributed by atoms with Crippen LogP contribution in [0.1, 0.15) is 69.6 Å². The van der Waals surface area contributed by atoms with Crippen molar-refractivity contribution in [1.29, 1.82) is 0 Å². The Morgan fingerprint density at radius 1 is 1.29 bits per heavy atom. The first-order valence-corrected chi connectivity index (χ1v) is 8.82. The third-order valence-corrected chi connectivity index (χ3v) is 5.35. The van der Waals surface area contributed by atoms with E-state index < -0.39 is 0 Å². The first-order valence-electron chi connectivity index (χ1n) is 8.82. The second kappa shape index (κ2) is 7.42. The van der Waals surface area contributed by atoms with Gasteiger partial charge in [-0.25, -0.2) is 4.79 Å². The summed E-state index contributed by atoms with van der Waals surface area (Å²) in [7, 11) is 1.70. The van der Waals surface area contributed by atoms with Crippen molar-refractivity contribution in [1.82, 2.24) is 0 Å². The minimum atomic E-state index is -0.209. The molecule has 24 heavy (non-hydrogen) atoms. The number of benzene rings is 1. The summed E-state index contributed by atoms with van der Waals surface area (Å²) in [5.74, 6) is 1.75. The molecule has 1 aromatic rings. The summed E-state index contributed by atoms with van der Waals surface area (Å²) in [5.41, 5.74) is 4.45. The number of aryl methyl sites for hydroxylation is 1. The van der Waals surface area contributed by atoms with E-state index >= 15 is 0 Å². The molecule has 0 radical (unpaired) electrons. The molecule has 0 aliphatic heterocycles. The maximum atomic E-state index is 12.2. The predicted octanol–water partition coefficient (Wildman–Crippen LogP) is 5.13. The van der Waals surface area contributed by atoms with Gasteiger partial charge in [-0.05, 0) is 61.8 Å². The molecule has 3 nitrogen and oxygen atoms in total. The standard InChI is InChI=1S/C21H30O3/c1-8-13(4)21(22)24-20-10-16(12(2)3)18-9-14(5)19(23-7)11-17(18)15(20)6/h8-9,11-12,15-16,20H,10H2,1-7H3/b13-8+/t15-,16-,20+/m0/s1. The molecule has 1 aliphatic carbocycles. The van der Waals surface area contributed by atoms with E-state index in [-0.39, 0.29) is 18.0 Å². The number of carbonyl (C=O) groups excluding carboxylic acids is 1. The molecule has 0 N–H and O–H groups in total. The van der Waals surface area contributed by atoms with Crippen molar-refractivity contribution in [2.24, 2.45) is 5.92 Å². The average Bonchev–Trinajstić information content (AvgIpc) is 2.55. The zero-order valence-electron chi connectivity index (χ0n) is 16.0. The lowest BCUT2D eigenvalue weighted by atomic mass is 9.71. The molecule has 0 fully saturated rings. The van der Waals surface area contributed by atoms with Crippen LogP contribution < -0.4 is 4.74 Å². The van der Waals surface area contributed by atoms with Crippen LogP contribution in [0.5, 0.6) is 5.75 Å². The van der Waals surface area contributed by atoms with E-state index in [1.807, 2.05) is 6.92 Å². The summed E-state index contributed by atoms with van der Waals surface area (Å²) in [6.45, 7) is 12.4. The maximum absolute atomic E-state index is 12.2. The highest BCUT2D eigenvalue weighted by Gasteiger charge is 2.36. The normalized spacial score (nSPS) is 23.8. The first kappa shape index (κ1) is 18.6. The lowest BCUT2D eigenvalue weighted by Gasteiger charge is -2.38. The zero-order chi connectivity index (χ0) is 18.0. The van der Waals surface area contributed by atoms with Gasteiger partial charge in [0.2, 0.25) is 0 Å². The minimum absolute atomic E-state index is 0.0975. The van der Waals surface area contributed by atoms with Gasteiger partial charge in [0, 0.05) is 11.5 Å². The highest BCUT2D eigenvalue weighted by Crippen LogP contribution is 2.45. The average molecular weight is 330 g/mol. The Labute approximate surface area is 146 Å². The van der Waals surface area contributed by atoms with Gasteiger partial charge in [0.25, 0.3) is 0 Å². The van der Waals surface area contributed by atoms with Crippen LogP contribution in [0, 0.1) is 12.8 Å². The van der Waals surface area contributed by atoms with Gasteiger partial charge in [-0.3, -0.25) is 0 Å². The number of carbonyl (C=O) groups is 1. The fourth-order valence-corrected chi connectivity index (χ4v) is 3.57. The Morgan fingerprint density at radius 3 is 2.50 bits per heavy atom. The van der Waals surface area contributed by atoms with E-state index in [0.717, 1.165) is 17.7 Å². The van der Waals surface area contributed by atoms with Crippen molar-refractivity contribution in [3.05, 3.63) is 40.5 Å². The van der Waals surface area contributed by atoms with Gasteiger partial charge in [-0.1, -0.05) is 32.9 Å². The van der Waals surface area contributed by atoms with Crippen molar-refractivity contribution in [2.75, 3.05) is 7.11 Å². The molecule has 3 atom stereocenters. The van der Waals surface area contributed by atoms with E-state index in [1.165, 1.54) is 11.1 Å². The summed E-state index contributed by atoms with van der Waals surface area (Å²) in [5, 5.41) is 0. The molecule has 0 aromatic heterocycles. The predicted molar refractivity (Wildman–Crippen MR) is 97.7 cm³/mol. The third-order valence-electron chi connectivity index (χ3n) is 5.35. The van der Waals surface area contributed by atoms with Gasteiger partial charge >= 0.3 is 5.97 Å². The van der Waals surface area contributed by atoms with Crippen molar-refractivity contribution < 1.29 is 14.3 Å². The van der Waals surface area contributed by atoms with Crippen molar-refractivity contribution in [2.45, 2.75) is 65.9 Å². The van der Waals surface area contributed by atoms with Crippen molar-refractivity contribution in [3.8, 4) is 5.75 Å². The molecule has 2 rings (SSSR count). The number of ether oxygens (including phenoxy) is 2. The Hall–Kier alpha value is -1.77. The quantitative estimate of drug-likeness (QED) is 0.567. The van der Waals surface area contributed by atoms with Gasteiger partial charge in [0.15, 0.2) is 0 Å². The molecule has 1 aromatic carbocycles. The van der Waals surface area contributed by atoms with Crippen LogP contribution in [0.15, 0.2) is 23.8 Å². The SMILES string of the molecule is C/C=C(\C)C(=O)O[C@@H]1C[C@@H](C(C)C)c2cc(C)c(OC)cc2[C@@H]1C. The number of methoxy groups -OCH3 is 1. The smallest absolute Gasteiger partial charge is 0.333 e. The van der Waals surface area contributed by atoms with Crippen LogP contribution in [0.2, 0.25) is 0 Å². The molecule has 0 heterocycles. The Balaban J connectivity index is 2.42. The maximum Gasteiger partial charge on any atom is 0.333 e. The fraction of sp³-hybridized carbons (Fsp3) is 0.571. The molecule has 0 saturated heterocycles. The van der Waals surface area contributed by atoms with Crippen LogP contribution >= 0.6 is 0 Å². The van der Waals surface area contributed by atoms with Crippen LogP contribution in [0.4, 0.5) is 0 Å². The third kappa shape index (κ3) is 3.50.